The molecule has 0 bridgehead atoms. The van der Waals surface area contributed by atoms with Gasteiger partial charge in [-0.05, 0) is 52.6 Å². The number of carbonyl (C=O) groups excluding carboxylic acids is 1. The molecule has 3 N–H and O–H groups in total. The quantitative estimate of drug-likeness (QED) is 0.638. The molecule has 1 atom stereocenters. The zero-order valence-electron chi connectivity index (χ0n) is 13.4. The second-order valence-electron chi connectivity index (χ2n) is 6.35. The van der Waals surface area contributed by atoms with E-state index >= 15 is 0 Å². The zero-order valence-corrected chi connectivity index (χ0v) is 13.4. The number of nitrogens with zero attached hydrogens (tertiary/aromatic N) is 1. The number of hydrogen-bond donors (Lipinski definition) is 2. The normalized spacial score (nSPS) is 18.2. The average Bonchev–Trinajstić information content (AvgIpc) is 2.44. The highest BCUT2D eigenvalue weighted by atomic mass is 16.1. The smallest absolute Gasteiger partial charge is 0.219 e. The van der Waals surface area contributed by atoms with E-state index in [1.165, 1.54) is 32.1 Å². The lowest BCUT2D eigenvalue weighted by molar-refractivity contribution is -0.121. The Morgan fingerprint density at radius 2 is 2.00 bits per heavy atom. The molecule has 0 aromatic carbocycles. The van der Waals surface area contributed by atoms with Gasteiger partial charge in [-0.2, -0.15) is 0 Å². The molecule has 1 saturated carbocycles. The van der Waals surface area contributed by atoms with Crippen LogP contribution in [0.3, 0.4) is 0 Å². The maximum atomic E-state index is 11.6. The molecule has 4 heteroatoms. The van der Waals surface area contributed by atoms with Crippen LogP contribution in [-0.2, 0) is 4.79 Å². The van der Waals surface area contributed by atoms with Crippen LogP contribution < -0.4 is 11.1 Å². The summed E-state index contributed by atoms with van der Waals surface area (Å²) < 4.78 is 0. The Bertz CT molecular complexity index is 262. The summed E-state index contributed by atoms with van der Waals surface area (Å²) in [5.41, 5.74) is 5.67. The average molecular weight is 283 g/mol. The predicted molar refractivity (Wildman–Crippen MR) is 84.6 cm³/mol. The van der Waals surface area contributed by atoms with Gasteiger partial charge >= 0.3 is 0 Å². The fraction of sp³-hybridized carbons (Fsp3) is 0.938. The molecule has 0 heterocycles. The van der Waals surface area contributed by atoms with E-state index in [1.54, 1.807) is 0 Å². The van der Waals surface area contributed by atoms with Gasteiger partial charge in [0.1, 0.15) is 0 Å². The highest BCUT2D eigenvalue weighted by molar-refractivity contribution is 5.75. The van der Waals surface area contributed by atoms with Crippen LogP contribution in [-0.4, -0.2) is 43.0 Å². The van der Waals surface area contributed by atoms with Crippen LogP contribution in [0.5, 0.6) is 0 Å². The van der Waals surface area contributed by atoms with Crippen LogP contribution in [0.25, 0.3) is 0 Å². The monoisotopic (exact) mass is 283 g/mol. The summed E-state index contributed by atoms with van der Waals surface area (Å²) in [5.74, 6) is 0.172. The SMILES string of the molecule is CC(N)CCCC(=O)NCCCN(C)C1CCCCC1. The first-order valence-electron chi connectivity index (χ1n) is 8.32. The standard InChI is InChI=1S/C16H33N3O/c1-14(17)8-6-11-16(20)18-12-7-13-19(2)15-9-4-3-5-10-15/h14-15H,3-13,17H2,1-2H3,(H,18,20). The van der Waals surface area contributed by atoms with Gasteiger partial charge in [-0.1, -0.05) is 19.3 Å². The Labute approximate surface area is 124 Å². The van der Waals surface area contributed by atoms with Crippen LogP contribution in [0.15, 0.2) is 0 Å². The van der Waals surface area contributed by atoms with E-state index in [4.69, 9.17) is 5.73 Å². The van der Waals surface area contributed by atoms with Gasteiger partial charge in [0, 0.05) is 25.0 Å². The summed E-state index contributed by atoms with van der Waals surface area (Å²) in [5, 5.41) is 3.01. The maximum Gasteiger partial charge on any atom is 0.219 e. The molecule has 1 amide bonds. The molecule has 0 aliphatic heterocycles. The molecule has 1 rings (SSSR count). The molecule has 1 unspecified atom stereocenters. The minimum absolute atomic E-state index is 0.172. The van der Waals surface area contributed by atoms with Crippen LogP contribution in [0.1, 0.15) is 64.7 Å². The van der Waals surface area contributed by atoms with E-state index < -0.39 is 0 Å². The van der Waals surface area contributed by atoms with Crippen molar-refractivity contribution in [3.05, 3.63) is 0 Å². The zero-order chi connectivity index (χ0) is 14.8. The van der Waals surface area contributed by atoms with Gasteiger partial charge in [-0.15, -0.1) is 0 Å². The topological polar surface area (TPSA) is 58.4 Å². The third kappa shape index (κ3) is 7.85. The molecule has 0 saturated heterocycles. The van der Waals surface area contributed by atoms with Crippen molar-refractivity contribution in [1.29, 1.82) is 0 Å². The number of nitrogens with one attached hydrogen (secondary N) is 1. The Morgan fingerprint density at radius 3 is 2.65 bits per heavy atom. The first-order chi connectivity index (χ1) is 9.59. The van der Waals surface area contributed by atoms with E-state index in [-0.39, 0.29) is 11.9 Å². The predicted octanol–water partition coefficient (Wildman–Crippen LogP) is 2.27. The molecule has 1 fully saturated rings. The molecule has 20 heavy (non-hydrogen) atoms. The van der Waals surface area contributed by atoms with E-state index in [0.29, 0.717) is 6.42 Å². The van der Waals surface area contributed by atoms with Gasteiger partial charge in [-0.3, -0.25) is 4.79 Å². The summed E-state index contributed by atoms with van der Waals surface area (Å²) in [6.45, 7) is 3.87. The Morgan fingerprint density at radius 1 is 1.30 bits per heavy atom. The first kappa shape index (κ1) is 17.4. The molecule has 0 spiro atoms. The second-order valence-corrected chi connectivity index (χ2v) is 6.35. The van der Waals surface area contributed by atoms with Crippen molar-refractivity contribution in [2.24, 2.45) is 5.73 Å². The van der Waals surface area contributed by atoms with Crippen molar-refractivity contribution < 1.29 is 4.79 Å². The van der Waals surface area contributed by atoms with E-state index in [2.05, 4.69) is 17.3 Å². The van der Waals surface area contributed by atoms with Crippen molar-refractivity contribution in [3.8, 4) is 0 Å². The molecule has 1 aliphatic carbocycles. The Kier molecular flexibility index (Phi) is 8.86. The van der Waals surface area contributed by atoms with Gasteiger partial charge in [0.05, 0.1) is 0 Å². The van der Waals surface area contributed by atoms with Crippen LogP contribution in [0.4, 0.5) is 0 Å². The summed E-state index contributed by atoms with van der Waals surface area (Å²) in [4.78, 5) is 14.1. The summed E-state index contributed by atoms with van der Waals surface area (Å²) >= 11 is 0. The molecule has 0 aromatic rings. The van der Waals surface area contributed by atoms with Crippen LogP contribution >= 0.6 is 0 Å². The highest BCUT2D eigenvalue weighted by Crippen LogP contribution is 2.21. The van der Waals surface area contributed by atoms with Crippen molar-refractivity contribution in [2.75, 3.05) is 20.1 Å². The van der Waals surface area contributed by atoms with Crippen molar-refractivity contribution in [1.82, 2.24) is 10.2 Å². The lowest BCUT2D eigenvalue weighted by Gasteiger charge is -2.31. The summed E-state index contributed by atoms with van der Waals surface area (Å²) in [6.07, 6.45) is 10.3. The minimum Gasteiger partial charge on any atom is -0.356 e. The largest absolute Gasteiger partial charge is 0.356 e. The van der Waals surface area contributed by atoms with Gasteiger partial charge in [0.15, 0.2) is 0 Å². The summed E-state index contributed by atoms with van der Waals surface area (Å²) in [6, 6.07) is 0.970. The number of nitrogens with two attached hydrogens (primary N) is 1. The Balaban J connectivity index is 1.98. The number of amides is 1. The fourth-order valence-electron chi connectivity index (χ4n) is 2.93. The molecular formula is C16H33N3O. The molecule has 0 aromatic heterocycles. The van der Waals surface area contributed by atoms with E-state index in [1.807, 2.05) is 6.92 Å². The first-order valence-corrected chi connectivity index (χ1v) is 8.32. The molecular weight excluding hydrogens is 250 g/mol. The van der Waals surface area contributed by atoms with Crippen LogP contribution in [0, 0.1) is 0 Å². The summed E-state index contributed by atoms with van der Waals surface area (Å²) in [7, 11) is 2.22. The van der Waals surface area contributed by atoms with E-state index in [9.17, 15) is 4.79 Å². The van der Waals surface area contributed by atoms with Gasteiger partial charge in [-0.25, -0.2) is 0 Å². The maximum absolute atomic E-state index is 11.6. The number of hydrogen-bond acceptors (Lipinski definition) is 3. The second kappa shape index (κ2) is 10.2. The third-order valence-electron chi connectivity index (χ3n) is 4.27. The molecule has 0 radical (unpaired) electrons. The van der Waals surface area contributed by atoms with Gasteiger partial charge < -0.3 is 16.0 Å². The van der Waals surface area contributed by atoms with Gasteiger partial charge in [0.2, 0.25) is 5.91 Å². The highest BCUT2D eigenvalue weighted by Gasteiger charge is 2.17. The molecule has 4 nitrogen and oxygen atoms in total. The van der Waals surface area contributed by atoms with Gasteiger partial charge in [0.25, 0.3) is 0 Å². The Hall–Kier alpha value is -0.610. The van der Waals surface area contributed by atoms with Crippen molar-refractivity contribution in [2.45, 2.75) is 76.8 Å². The fourth-order valence-corrected chi connectivity index (χ4v) is 2.93. The van der Waals surface area contributed by atoms with Crippen molar-refractivity contribution in [3.63, 3.8) is 0 Å². The van der Waals surface area contributed by atoms with E-state index in [0.717, 1.165) is 38.4 Å². The molecule has 1 aliphatic rings. The molecule has 118 valence electrons. The third-order valence-corrected chi connectivity index (χ3v) is 4.27. The van der Waals surface area contributed by atoms with Crippen LogP contribution in [0.2, 0.25) is 0 Å². The minimum atomic E-state index is 0.172. The van der Waals surface area contributed by atoms with Crippen molar-refractivity contribution >= 4 is 5.91 Å². The number of rotatable bonds is 9. The number of carbonyl (C=O) groups is 1. The lowest BCUT2D eigenvalue weighted by Crippen LogP contribution is -2.35. The lowest BCUT2D eigenvalue weighted by atomic mass is 9.94.